The lowest BCUT2D eigenvalue weighted by Gasteiger charge is -2.24. The zero-order valence-corrected chi connectivity index (χ0v) is 21.0. The van der Waals surface area contributed by atoms with Crippen molar-refractivity contribution >= 4 is 35.2 Å². The van der Waals surface area contributed by atoms with Gasteiger partial charge < -0.3 is 26.0 Å². The van der Waals surface area contributed by atoms with E-state index in [1.54, 1.807) is 53.6 Å². The van der Waals surface area contributed by atoms with Crippen LogP contribution in [0.3, 0.4) is 0 Å². The zero-order valence-electron chi connectivity index (χ0n) is 21.0. The Hall–Kier alpha value is -4.54. The summed E-state index contributed by atoms with van der Waals surface area (Å²) in [5.41, 5.74) is 7.01. The fraction of sp³-hybridized carbons (Fsp3) is 0.308. The molecule has 1 aliphatic heterocycles. The third-order valence-corrected chi connectivity index (χ3v) is 5.65. The van der Waals surface area contributed by atoms with Crippen LogP contribution in [-0.2, 0) is 4.74 Å². The van der Waals surface area contributed by atoms with Crippen LogP contribution < -0.4 is 16.4 Å². The largest absolute Gasteiger partial charge is 0.444 e. The Kier molecular flexibility index (Phi) is 7.32. The molecule has 1 saturated heterocycles. The molecule has 0 radical (unpaired) electrons. The Bertz CT molecular complexity index is 1290. The van der Waals surface area contributed by atoms with E-state index in [1.807, 2.05) is 20.8 Å². The second-order valence-corrected chi connectivity index (χ2v) is 9.66. The Morgan fingerprint density at radius 1 is 1.08 bits per heavy atom. The van der Waals surface area contributed by atoms with Gasteiger partial charge in [0.25, 0.3) is 5.91 Å². The van der Waals surface area contributed by atoms with E-state index in [9.17, 15) is 9.59 Å². The molecule has 0 aliphatic carbocycles. The van der Waals surface area contributed by atoms with Gasteiger partial charge in [0.1, 0.15) is 29.4 Å². The Labute approximate surface area is 215 Å². The summed E-state index contributed by atoms with van der Waals surface area (Å²) < 4.78 is 5.47. The number of amides is 2. The molecular formula is C26H30N8O3. The molecule has 11 heteroatoms. The van der Waals surface area contributed by atoms with E-state index in [4.69, 9.17) is 15.9 Å². The highest BCUT2D eigenvalue weighted by Gasteiger charge is 2.31. The number of nitrogens with zero attached hydrogens (tertiary/aromatic N) is 4. The van der Waals surface area contributed by atoms with Crippen LogP contribution in [0.5, 0.6) is 0 Å². The SMILES string of the molecule is CC(C)(C)OC(=O)N1CCC(Nc2ncnc(N)c2C(=N)c2ccc(C(=O)Nc3ccccn3)cc2)C1. The molecule has 1 aliphatic rings. The first-order chi connectivity index (χ1) is 17.6. The first kappa shape index (κ1) is 25.5. The van der Waals surface area contributed by atoms with Crippen LogP contribution in [0.2, 0.25) is 0 Å². The number of carbonyl (C=O) groups excluding carboxylic acids is 2. The van der Waals surface area contributed by atoms with Crippen LogP contribution >= 0.6 is 0 Å². The highest BCUT2D eigenvalue weighted by Crippen LogP contribution is 2.25. The number of nitrogens with one attached hydrogen (secondary N) is 3. The summed E-state index contributed by atoms with van der Waals surface area (Å²) in [5.74, 6) is 0.704. The molecule has 1 atom stereocenters. The van der Waals surface area contributed by atoms with Gasteiger partial charge in [-0.25, -0.2) is 19.7 Å². The summed E-state index contributed by atoms with van der Waals surface area (Å²) in [6, 6.07) is 11.8. The number of likely N-dealkylation sites (tertiary alicyclic amines) is 1. The van der Waals surface area contributed by atoms with E-state index in [-0.39, 0.29) is 29.6 Å². The number of benzene rings is 1. The van der Waals surface area contributed by atoms with Gasteiger partial charge in [-0.3, -0.25) is 10.2 Å². The minimum Gasteiger partial charge on any atom is -0.444 e. The first-order valence-corrected chi connectivity index (χ1v) is 11.9. The standard InChI is InChI=1S/C26H30N8O3/c1-26(2,3)37-25(36)34-13-11-18(14-34)32-23-20(22(28)30-15-31-23)21(27)16-7-9-17(10-8-16)24(35)33-19-6-4-5-12-29-19/h4-10,12,15,18,27H,11,13-14H2,1-3H3,(H,29,33,35)(H3,28,30,31,32). The maximum atomic E-state index is 12.5. The zero-order chi connectivity index (χ0) is 26.6. The van der Waals surface area contributed by atoms with Gasteiger partial charge in [0, 0.05) is 36.5 Å². The molecule has 3 aromatic rings. The fourth-order valence-corrected chi connectivity index (χ4v) is 3.88. The van der Waals surface area contributed by atoms with Crippen molar-refractivity contribution in [3.8, 4) is 0 Å². The van der Waals surface area contributed by atoms with Crippen LogP contribution in [0.4, 0.5) is 22.2 Å². The number of anilines is 3. The smallest absolute Gasteiger partial charge is 0.410 e. The monoisotopic (exact) mass is 502 g/mol. The number of ether oxygens (including phenoxy) is 1. The summed E-state index contributed by atoms with van der Waals surface area (Å²) in [4.78, 5) is 39.1. The summed E-state index contributed by atoms with van der Waals surface area (Å²) in [7, 11) is 0. The molecule has 11 nitrogen and oxygen atoms in total. The highest BCUT2D eigenvalue weighted by atomic mass is 16.6. The second kappa shape index (κ2) is 10.6. The molecule has 5 N–H and O–H groups in total. The first-order valence-electron chi connectivity index (χ1n) is 11.9. The van der Waals surface area contributed by atoms with E-state index < -0.39 is 5.60 Å². The van der Waals surface area contributed by atoms with E-state index in [0.29, 0.717) is 47.8 Å². The average molecular weight is 503 g/mol. The molecule has 37 heavy (non-hydrogen) atoms. The number of aromatic nitrogens is 3. The number of nitrogen functional groups attached to an aromatic ring is 1. The van der Waals surface area contributed by atoms with Gasteiger partial charge in [-0.05, 0) is 51.5 Å². The van der Waals surface area contributed by atoms with E-state index in [1.165, 1.54) is 6.33 Å². The summed E-state index contributed by atoms with van der Waals surface area (Å²) in [6.45, 7) is 6.47. The normalized spacial score (nSPS) is 15.2. The summed E-state index contributed by atoms with van der Waals surface area (Å²) in [5, 5.41) is 14.8. The maximum absolute atomic E-state index is 12.5. The van der Waals surface area contributed by atoms with Gasteiger partial charge in [0.15, 0.2) is 0 Å². The molecule has 4 rings (SSSR count). The highest BCUT2D eigenvalue weighted by molar-refractivity contribution is 6.16. The number of hydrogen-bond acceptors (Lipinski definition) is 9. The van der Waals surface area contributed by atoms with Crippen molar-refractivity contribution in [2.75, 3.05) is 29.5 Å². The van der Waals surface area contributed by atoms with Crippen molar-refractivity contribution in [1.82, 2.24) is 19.9 Å². The van der Waals surface area contributed by atoms with Gasteiger partial charge in [-0.1, -0.05) is 18.2 Å². The van der Waals surface area contributed by atoms with Crippen LogP contribution in [0.15, 0.2) is 55.0 Å². The lowest BCUT2D eigenvalue weighted by molar-refractivity contribution is 0.0293. The predicted octanol–water partition coefficient (Wildman–Crippen LogP) is 3.54. The van der Waals surface area contributed by atoms with Gasteiger partial charge in [-0.15, -0.1) is 0 Å². The van der Waals surface area contributed by atoms with Crippen molar-refractivity contribution in [3.63, 3.8) is 0 Å². The van der Waals surface area contributed by atoms with Crippen LogP contribution in [-0.4, -0.2) is 62.3 Å². The molecule has 1 fully saturated rings. The molecule has 0 bridgehead atoms. The number of carbonyl (C=O) groups is 2. The fourth-order valence-electron chi connectivity index (χ4n) is 3.88. The molecule has 1 aromatic carbocycles. The molecule has 192 valence electrons. The maximum Gasteiger partial charge on any atom is 0.410 e. The lowest BCUT2D eigenvalue weighted by Crippen LogP contribution is -2.36. The van der Waals surface area contributed by atoms with Crippen molar-refractivity contribution in [1.29, 1.82) is 5.41 Å². The quantitative estimate of drug-likeness (QED) is 0.372. The minimum atomic E-state index is -0.569. The molecule has 0 spiro atoms. The Morgan fingerprint density at radius 2 is 1.81 bits per heavy atom. The average Bonchev–Trinajstić information content (AvgIpc) is 3.32. The van der Waals surface area contributed by atoms with Crippen molar-refractivity contribution < 1.29 is 14.3 Å². The molecular weight excluding hydrogens is 472 g/mol. The van der Waals surface area contributed by atoms with E-state index in [0.717, 1.165) is 0 Å². The molecule has 2 aromatic heterocycles. The van der Waals surface area contributed by atoms with Gasteiger partial charge in [-0.2, -0.15) is 0 Å². The number of nitrogens with two attached hydrogens (primary N) is 1. The van der Waals surface area contributed by atoms with E-state index in [2.05, 4.69) is 25.6 Å². The Balaban J connectivity index is 1.46. The molecule has 2 amide bonds. The molecule has 3 heterocycles. The predicted molar refractivity (Wildman–Crippen MR) is 141 cm³/mol. The minimum absolute atomic E-state index is 0.0916. The summed E-state index contributed by atoms with van der Waals surface area (Å²) in [6.07, 6.45) is 3.26. The second-order valence-electron chi connectivity index (χ2n) is 9.66. The van der Waals surface area contributed by atoms with E-state index >= 15 is 0 Å². The third kappa shape index (κ3) is 6.37. The van der Waals surface area contributed by atoms with Crippen LogP contribution in [0.1, 0.15) is 48.7 Å². The molecule has 0 saturated carbocycles. The van der Waals surface area contributed by atoms with Gasteiger partial charge in [0.05, 0.1) is 11.3 Å². The number of hydrogen-bond donors (Lipinski definition) is 4. The lowest BCUT2D eigenvalue weighted by atomic mass is 10.0. The van der Waals surface area contributed by atoms with Gasteiger partial charge >= 0.3 is 6.09 Å². The number of pyridine rings is 1. The third-order valence-electron chi connectivity index (χ3n) is 5.65. The van der Waals surface area contributed by atoms with Crippen molar-refractivity contribution in [2.45, 2.75) is 38.8 Å². The van der Waals surface area contributed by atoms with Crippen molar-refractivity contribution in [2.24, 2.45) is 0 Å². The van der Waals surface area contributed by atoms with Gasteiger partial charge in [0.2, 0.25) is 0 Å². The number of rotatable bonds is 6. The van der Waals surface area contributed by atoms with Crippen LogP contribution in [0, 0.1) is 5.41 Å². The summed E-state index contributed by atoms with van der Waals surface area (Å²) >= 11 is 0. The Morgan fingerprint density at radius 3 is 2.49 bits per heavy atom. The van der Waals surface area contributed by atoms with Crippen molar-refractivity contribution in [3.05, 3.63) is 71.7 Å². The molecule has 1 unspecified atom stereocenters. The topological polar surface area (TPSA) is 159 Å². The van der Waals surface area contributed by atoms with Crippen LogP contribution in [0.25, 0.3) is 0 Å².